The zero-order valence-corrected chi connectivity index (χ0v) is 12.8. The lowest BCUT2D eigenvalue weighted by atomic mass is 10.1. The summed E-state index contributed by atoms with van der Waals surface area (Å²) in [5, 5.41) is 6.80. The first kappa shape index (κ1) is 14.6. The first-order valence-corrected chi connectivity index (χ1v) is 7.72. The Morgan fingerprint density at radius 1 is 1.38 bits per heavy atom. The monoisotopic (exact) mass is 326 g/mol. The summed E-state index contributed by atoms with van der Waals surface area (Å²) < 4.78 is 20.4. The van der Waals surface area contributed by atoms with E-state index in [1.54, 1.807) is 18.3 Å². The van der Waals surface area contributed by atoms with Crippen LogP contribution in [0, 0.1) is 5.82 Å². The van der Waals surface area contributed by atoms with Crippen molar-refractivity contribution >= 4 is 5.91 Å². The largest absolute Gasteiger partial charge is 0.350 e. The molecule has 6 nitrogen and oxygen atoms in total. The summed E-state index contributed by atoms with van der Waals surface area (Å²) >= 11 is 0. The molecular weight excluding hydrogens is 311 g/mol. The minimum absolute atomic E-state index is 0.0157. The number of halogens is 1. The van der Waals surface area contributed by atoms with Gasteiger partial charge in [-0.3, -0.25) is 4.79 Å². The van der Waals surface area contributed by atoms with E-state index in [0.29, 0.717) is 17.8 Å². The normalized spacial score (nSPS) is 16.6. The second-order valence-electron chi connectivity index (χ2n) is 5.79. The SMILES string of the molecule is O=C(N[C@H]1CCc2nccn2C1)c1cc(-c2cccc(F)c2)no1. The van der Waals surface area contributed by atoms with Gasteiger partial charge in [0, 0.05) is 43.0 Å². The first-order chi connectivity index (χ1) is 11.7. The van der Waals surface area contributed by atoms with E-state index in [1.807, 2.05) is 10.8 Å². The van der Waals surface area contributed by atoms with Crippen LogP contribution in [-0.4, -0.2) is 26.7 Å². The summed E-state index contributed by atoms with van der Waals surface area (Å²) in [6.45, 7) is 0.686. The quantitative estimate of drug-likeness (QED) is 0.802. The lowest BCUT2D eigenvalue weighted by Crippen LogP contribution is -2.40. The molecule has 0 spiro atoms. The number of rotatable bonds is 3. The lowest BCUT2D eigenvalue weighted by Gasteiger charge is -2.24. The number of hydrogen-bond acceptors (Lipinski definition) is 4. The topological polar surface area (TPSA) is 73.0 Å². The number of benzene rings is 1. The van der Waals surface area contributed by atoms with Gasteiger partial charge in [0.1, 0.15) is 17.3 Å². The second kappa shape index (κ2) is 5.92. The molecule has 24 heavy (non-hydrogen) atoms. The van der Waals surface area contributed by atoms with Crippen LogP contribution < -0.4 is 5.32 Å². The maximum Gasteiger partial charge on any atom is 0.290 e. The van der Waals surface area contributed by atoms with Gasteiger partial charge in [0.15, 0.2) is 0 Å². The van der Waals surface area contributed by atoms with Crippen LogP contribution in [0.5, 0.6) is 0 Å². The number of amides is 1. The molecule has 122 valence electrons. The van der Waals surface area contributed by atoms with Crippen molar-refractivity contribution in [3.05, 3.63) is 60.1 Å². The summed E-state index contributed by atoms with van der Waals surface area (Å²) in [6.07, 6.45) is 5.32. The van der Waals surface area contributed by atoms with Gasteiger partial charge >= 0.3 is 0 Å². The van der Waals surface area contributed by atoms with Crippen molar-refractivity contribution in [1.29, 1.82) is 0 Å². The van der Waals surface area contributed by atoms with Crippen LogP contribution in [0.3, 0.4) is 0 Å². The first-order valence-electron chi connectivity index (χ1n) is 7.72. The van der Waals surface area contributed by atoms with E-state index in [4.69, 9.17) is 4.52 Å². The highest BCUT2D eigenvalue weighted by Crippen LogP contribution is 2.20. The molecule has 4 rings (SSSR count). The van der Waals surface area contributed by atoms with Crippen molar-refractivity contribution in [3.63, 3.8) is 0 Å². The van der Waals surface area contributed by atoms with Crippen molar-refractivity contribution in [1.82, 2.24) is 20.0 Å². The van der Waals surface area contributed by atoms with E-state index >= 15 is 0 Å². The zero-order valence-electron chi connectivity index (χ0n) is 12.8. The van der Waals surface area contributed by atoms with Crippen molar-refractivity contribution in [2.24, 2.45) is 0 Å². The zero-order chi connectivity index (χ0) is 16.5. The Balaban J connectivity index is 1.46. The fraction of sp³-hybridized carbons (Fsp3) is 0.235. The molecule has 1 atom stereocenters. The highest BCUT2D eigenvalue weighted by molar-refractivity contribution is 5.92. The molecule has 0 saturated heterocycles. The molecule has 1 aliphatic rings. The van der Waals surface area contributed by atoms with Crippen LogP contribution in [-0.2, 0) is 13.0 Å². The molecule has 1 aliphatic heterocycles. The Labute approximate surface area is 137 Å². The number of carbonyl (C=O) groups is 1. The van der Waals surface area contributed by atoms with Gasteiger partial charge in [-0.25, -0.2) is 9.37 Å². The maximum atomic E-state index is 13.3. The van der Waals surface area contributed by atoms with Gasteiger partial charge in [-0.1, -0.05) is 17.3 Å². The molecule has 1 aromatic carbocycles. The molecule has 1 amide bonds. The Bertz CT molecular complexity index is 886. The fourth-order valence-electron chi connectivity index (χ4n) is 2.91. The van der Waals surface area contributed by atoms with Crippen LogP contribution in [0.4, 0.5) is 4.39 Å². The molecule has 0 unspecified atom stereocenters. The number of nitrogens with one attached hydrogen (secondary N) is 1. The standard InChI is InChI=1S/C17H15FN4O2/c18-12-3-1-2-11(8-12)14-9-15(24-21-14)17(23)20-13-4-5-16-19-6-7-22(16)10-13/h1-3,6-9,13H,4-5,10H2,(H,20,23)/t13-/m0/s1. The summed E-state index contributed by atoms with van der Waals surface area (Å²) in [7, 11) is 0. The molecule has 0 fully saturated rings. The predicted molar refractivity (Wildman–Crippen MR) is 83.7 cm³/mol. The maximum absolute atomic E-state index is 13.3. The predicted octanol–water partition coefficient (Wildman–Crippen LogP) is 2.42. The van der Waals surface area contributed by atoms with E-state index in [9.17, 15) is 9.18 Å². The van der Waals surface area contributed by atoms with Crippen molar-refractivity contribution in [2.45, 2.75) is 25.4 Å². The molecular formula is C17H15FN4O2. The van der Waals surface area contributed by atoms with Gasteiger partial charge in [-0.05, 0) is 18.6 Å². The minimum Gasteiger partial charge on any atom is -0.350 e. The molecule has 3 heterocycles. The van der Waals surface area contributed by atoms with E-state index in [1.165, 1.54) is 18.2 Å². The third-order valence-corrected chi connectivity index (χ3v) is 4.12. The molecule has 0 radical (unpaired) electrons. The van der Waals surface area contributed by atoms with Crippen LogP contribution in [0.1, 0.15) is 22.8 Å². The number of fused-ring (bicyclic) bond motifs is 1. The Morgan fingerprint density at radius 2 is 2.29 bits per heavy atom. The number of aromatic nitrogens is 3. The lowest BCUT2D eigenvalue weighted by molar-refractivity contribution is 0.0890. The fourth-order valence-corrected chi connectivity index (χ4v) is 2.91. The molecule has 2 aromatic heterocycles. The molecule has 1 N–H and O–H groups in total. The summed E-state index contributed by atoms with van der Waals surface area (Å²) in [4.78, 5) is 16.6. The summed E-state index contributed by atoms with van der Waals surface area (Å²) in [5.41, 5.74) is 0.999. The van der Waals surface area contributed by atoms with E-state index in [0.717, 1.165) is 18.7 Å². The van der Waals surface area contributed by atoms with Crippen LogP contribution in [0.15, 0.2) is 47.2 Å². The van der Waals surface area contributed by atoms with E-state index < -0.39 is 0 Å². The van der Waals surface area contributed by atoms with Crippen LogP contribution in [0.25, 0.3) is 11.3 Å². The van der Waals surface area contributed by atoms with Crippen molar-refractivity contribution in [2.75, 3.05) is 0 Å². The number of nitrogens with zero attached hydrogens (tertiary/aromatic N) is 3. The van der Waals surface area contributed by atoms with E-state index in [-0.39, 0.29) is 23.5 Å². The smallest absolute Gasteiger partial charge is 0.290 e. The Kier molecular flexibility index (Phi) is 3.60. The second-order valence-corrected chi connectivity index (χ2v) is 5.79. The average Bonchev–Trinajstić information content (AvgIpc) is 3.24. The summed E-state index contributed by atoms with van der Waals surface area (Å²) in [5.74, 6) is 0.470. The van der Waals surface area contributed by atoms with Crippen molar-refractivity contribution in [3.8, 4) is 11.3 Å². The molecule has 3 aromatic rings. The Hall–Kier alpha value is -2.96. The molecule has 7 heteroatoms. The summed E-state index contributed by atoms with van der Waals surface area (Å²) in [6, 6.07) is 7.54. The minimum atomic E-state index is -0.361. The van der Waals surface area contributed by atoms with Gasteiger partial charge in [-0.15, -0.1) is 0 Å². The number of hydrogen-bond donors (Lipinski definition) is 1. The highest BCUT2D eigenvalue weighted by atomic mass is 19.1. The van der Waals surface area contributed by atoms with Crippen LogP contribution in [0.2, 0.25) is 0 Å². The number of carbonyl (C=O) groups excluding carboxylic acids is 1. The van der Waals surface area contributed by atoms with Gasteiger partial charge < -0.3 is 14.4 Å². The van der Waals surface area contributed by atoms with Gasteiger partial charge in [-0.2, -0.15) is 0 Å². The highest BCUT2D eigenvalue weighted by Gasteiger charge is 2.22. The number of aryl methyl sites for hydroxylation is 1. The van der Waals surface area contributed by atoms with Gasteiger partial charge in [0.2, 0.25) is 5.76 Å². The Morgan fingerprint density at radius 3 is 3.17 bits per heavy atom. The van der Waals surface area contributed by atoms with Crippen LogP contribution >= 0.6 is 0 Å². The third kappa shape index (κ3) is 2.80. The van der Waals surface area contributed by atoms with Gasteiger partial charge in [0.25, 0.3) is 5.91 Å². The van der Waals surface area contributed by atoms with Crippen molar-refractivity contribution < 1.29 is 13.7 Å². The van der Waals surface area contributed by atoms with Gasteiger partial charge in [0.05, 0.1) is 0 Å². The van der Waals surface area contributed by atoms with E-state index in [2.05, 4.69) is 15.5 Å². The molecule has 0 aliphatic carbocycles. The number of imidazole rings is 1. The average molecular weight is 326 g/mol. The molecule has 0 bridgehead atoms. The molecule has 0 saturated carbocycles. The third-order valence-electron chi connectivity index (χ3n) is 4.12.